The van der Waals surface area contributed by atoms with E-state index in [1.807, 2.05) is 5.01 Å². The SMILES string of the molecule is O=C(NN1CCCCC1)c1cc([N+](=O)[O-])ccc1Cl. The highest BCUT2D eigenvalue weighted by molar-refractivity contribution is 6.33. The molecule has 0 unspecified atom stereocenters. The number of benzene rings is 1. The Hall–Kier alpha value is -1.66. The number of piperidine rings is 1. The molecule has 2 rings (SSSR count). The second kappa shape index (κ2) is 5.99. The van der Waals surface area contributed by atoms with E-state index in [0.717, 1.165) is 32.4 Å². The average Bonchev–Trinajstić information content (AvgIpc) is 2.40. The van der Waals surface area contributed by atoms with Crippen LogP contribution in [-0.4, -0.2) is 28.9 Å². The number of carbonyl (C=O) groups is 1. The maximum Gasteiger partial charge on any atom is 0.270 e. The minimum Gasteiger partial charge on any atom is -0.285 e. The quantitative estimate of drug-likeness (QED) is 0.682. The van der Waals surface area contributed by atoms with Crippen LogP contribution in [0, 0.1) is 10.1 Å². The van der Waals surface area contributed by atoms with Gasteiger partial charge in [-0.15, -0.1) is 0 Å². The molecule has 0 spiro atoms. The third-order valence-electron chi connectivity index (χ3n) is 3.02. The highest BCUT2D eigenvalue weighted by atomic mass is 35.5. The fraction of sp³-hybridized carbons (Fsp3) is 0.417. The highest BCUT2D eigenvalue weighted by Gasteiger charge is 2.18. The standard InChI is InChI=1S/C12H14ClN3O3/c13-11-5-4-9(16(18)19)8-10(11)12(17)14-15-6-2-1-3-7-15/h4-5,8H,1-3,6-7H2,(H,14,17). The first-order chi connectivity index (χ1) is 9.08. The molecule has 1 heterocycles. The Morgan fingerprint density at radius 3 is 2.63 bits per heavy atom. The van der Waals surface area contributed by atoms with Gasteiger partial charge in [-0.3, -0.25) is 20.3 Å². The van der Waals surface area contributed by atoms with Gasteiger partial charge in [0.1, 0.15) is 0 Å². The number of halogens is 1. The summed E-state index contributed by atoms with van der Waals surface area (Å²) in [5.41, 5.74) is 2.71. The molecule has 0 bridgehead atoms. The molecule has 1 fully saturated rings. The Labute approximate surface area is 115 Å². The van der Waals surface area contributed by atoms with Crippen LogP contribution in [0.25, 0.3) is 0 Å². The van der Waals surface area contributed by atoms with Gasteiger partial charge >= 0.3 is 0 Å². The molecule has 0 saturated carbocycles. The lowest BCUT2D eigenvalue weighted by Gasteiger charge is -2.26. The van der Waals surface area contributed by atoms with Crippen molar-refractivity contribution >= 4 is 23.2 Å². The van der Waals surface area contributed by atoms with E-state index in [2.05, 4.69) is 5.43 Å². The lowest BCUT2D eigenvalue weighted by Crippen LogP contribution is -2.45. The predicted molar refractivity (Wildman–Crippen MR) is 71.0 cm³/mol. The molecule has 0 aromatic heterocycles. The van der Waals surface area contributed by atoms with Gasteiger partial charge in [-0.05, 0) is 18.9 Å². The fourth-order valence-electron chi connectivity index (χ4n) is 2.01. The molecule has 1 saturated heterocycles. The molecule has 19 heavy (non-hydrogen) atoms. The van der Waals surface area contributed by atoms with Crippen molar-refractivity contribution in [3.63, 3.8) is 0 Å². The van der Waals surface area contributed by atoms with Gasteiger partial charge in [-0.2, -0.15) is 0 Å². The Balaban J connectivity index is 2.13. The number of rotatable bonds is 3. The largest absolute Gasteiger partial charge is 0.285 e. The summed E-state index contributed by atoms with van der Waals surface area (Å²) in [6.07, 6.45) is 3.22. The van der Waals surface area contributed by atoms with Crippen LogP contribution in [0.4, 0.5) is 5.69 Å². The lowest BCUT2D eigenvalue weighted by molar-refractivity contribution is -0.384. The first-order valence-electron chi connectivity index (χ1n) is 6.08. The molecule has 1 aromatic rings. The molecule has 102 valence electrons. The Kier molecular flexibility index (Phi) is 4.34. The van der Waals surface area contributed by atoms with Crippen molar-refractivity contribution < 1.29 is 9.72 Å². The molecular weight excluding hydrogens is 270 g/mol. The molecule has 0 aliphatic carbocycles. The molecule has 6 nitrogen and oxygen atoms in total. The van der Waals surface area contributed by atoms with Gasteiger partial charge in [0.2, 0.25) is 0 Å². The Morgan fingerprint density at radius 1 is 1.32 bits per heavy atom. The molecule has 1 N–H and O–H groups in total. The van der Waals surface area contributed by atoms with E-state index in [1.165, 1.54) is 18.2 Å². The van der Waals surface area contributed by atoms with Crippen LogP contribution in [0.1, 0.15) is 29.6 Å². The first kappa shape index (κ1) is 13.8. The van der Waals surface area contributed by atoms with Gasteiger partial charge in [0.25, 0.3) is 11.6 Å². The zero-order chi connectivity index (χ0) is 13.8. The minimum atomic E-state index is -0.548. The summed E-state index contributed by atoms with van der Waals surface area (Å²) in [6, 6.07) is 3.84. The van der Waals surface area contributed by atoms with E-state index in [-0.39, 0.29) is 16.3 Å². The van der Waals surface area contributed by atoms with Crippen LogP contribution >= 0.6 is 11.6 Å². The first-order valence-corrected chi connectivity index (χ1v) is 6.45. The summed E-state index contributed by atoms with van der Waals surface area (Å²) in [6.45, 7) is 1.58. The normalized spacial score (nSPS) is 16.1. The molecule has 0 atom stereocenters. The zero-order valence-electron chi connectivity index (χ0n) is 10.3. The highest BCUT2D eigenvalue weighted by Crippen LogP contribution is 2.22. The monoisotopic (exact) mass is 283 g/mol. The predicted octanol–water partition coefficient (Wildman–Crippen LogP) is 2.38. The summed E-state index contributed by atoms with van der Waals surface area (Å²) < 4.78 is 0. The Bertz CT molecular complexity index is 501. The van der Waals surface area contributed by atoms with E-state index in [9.17, 15) is 14.9 Å². The van der Waals surface area contributed by atoms with Crippen LogP contribution in [0.5, 0.6) is 0 Å². The molecule has 1 aromatic carbocycles. The van der Waals surface area contributed by atoms with E-state index < -0.39 is 10.8 Å². The Morgan fingerprint density at radius 2 is 2.00 bits per heavy atom. The van der Waals surface area contributed by atoms with E-state index in [4.69, 9.17) is 11.6 Å². The van der Waals surface area contributed by atoms with E-state index in [0.29, 0.717) is 0 Å². The van der Waals surface area contributed by atoms with E-state index in [1.54, 1.807) is 0 Å². The summed E-state index contributed by atoms with van der Waals surface area (Å²) in [5.74, 6) is -0.407. The number of hydrogen-bond donors (Lipinski definition) is 1. The smallest absolute Gasteiger partial charge is 0.270 e. The van der Waals surface area contributed by atoms with Crippen LogP contribution in [-0.2, 0) is 0 Å². The number of nitro benzene ring substituents is 1. The second-order valence-corrected chi connectivity index (χ2v) is 4.82. The van der Waals surface area contributed by atoms with Crippen molar-refractivity contribution in [2.24, 2.45) is 0 Å². The average molecular weight is 284 g/mol. The molecule has 1 amide bonds. The number of hydrogen-bond acceptors (Lipinski definition) is 4. The summed E-state index contributed by atoms with van der Waals surface area (Å²) in [4.78, 5) is 22.2. The van der Waals surface area contributed by atoms with Crippen molar-refractivity contribution in [3.8, 4) is 0 Å². The maximum atomic E-state index is 12.0. The summed E-state index contributed by atoms with van der Waals surface area (Å²) >= 11 is 5.91. The number of nitro groups is 1. The molecule has 0 radical (unpaired) electrons. The number of non-ortho nitro benzene ring substituents is 1. The van der Waals surface area contributed by atoms with Gasteiger partial charge < -0.3 is 0 Å². The minimum absolute atomic E-state index is 0.126. The molecular formula is C12H14ClN3O3. The van der Waals surface area contributed by atoms with Gasteiger partial charge in [0.15, 0.2) is 0 Å². The van der Waals surface area contributed by atoms with Crippen LogP contribution in [0.2, 0.25) is 5.02 Å². The third kappa shape index (κ3) is 3.42. The van der Waals surface area contributed by atoms with Crippen molar-refractivity contribution in [3.05, 3.63) is 38.9 Å². The van der Waals surface area contributed by atoms with Gasteiger partial charge in [0, 0.05) is 25.2 Å². The maximum absolute atomic E-state index is 12.0. The van der Waals surface area contributed by atoms with Gasteiger partial charge in [-0.1, -0.05) is 18.0 Å². The third-order valence-corrected chi connectivity index (χ3v) is 3.35. The molecule has 1 aliphatic rings. The number of nitrogens with one attached hydrogen (secondary N) is 1. The van der Waals surface area contributed by atoms with Gasteiger partial charge in [-0.25, -0.2) is 5.01 Å². The summed E-state index contributed by atoms with van der Waals surface area (Å²) in [5, 5.41) is 12.7. The van der Waals surface area contributed by atoms with Crippen LogP contribution < -0.4 is 5.43 Å². The van der Waals surface area contributed by atoms with Crippen LogP contribution in [0.15, 0.2) is 18.2 Å². The number of amides is 1. The lowest BCUT2D eigenvalue weighted by atomic mass is 10.1. The summed E-state index contributed by atoms with van der Waals surface area (Å²) in [7, 11) is 0. The van der Waals surface area contributed by atoms with Crippen molar-refractivity contribution in [2.45, 2.75) is 19.3 Å². The number of hydrazine groups is 1. The fourth-order valence-corrected chi connectivity index (χ4v) is 2.21. The number of carbonyl (C=O) groups excluding carboxylic acids is 1. The molecule has 1 aliphatic heterocycles. The zero-order valence-corrected chi connectivity index (χ0v) is 11.0. The van der Waals surface area contributed by atoms with Gasteiger partial charge in [0.05, 0.1) is 15.5 Å². The topological polar surface area (TPSA) is 75.5 Å². The van der Waals surface area contributed by atoms with Crippen molar-refractivity contribution in [2.75, 3.05) is 13.1 Å². The number of nitrogens with zero attached hydrogens (tertiary/aromatic N) is 2. The molecule has 7 heteroatoms. The van der Waals surface area contributed by atoms with Crippen LogP contribution in [0.3, 0.4) is 0 Å². The second-order valence-electron chi connectivity index (χ2n) is 4.41. The van der Waals surface area contributed by atoms with E-state index >= 15 is 0 Å². The van der Waals surface area contributed by atoms with Crippen molar-refractivity contribution in [1.29, 1.82) is 0 Å². The van der Waals surface area contributed by atoms with Crippen molar-refractivity contribution in [1.82, 2.24) is 10.4 Å².